The first-order valence-electron chi connectivity index (χ1n) is 13.4. The molecular formula is C29H33ClF2N6O4. The summed E-state index contributed by atoms with van der Waals surface area (Å²) in [5.74, 6) is -4.80. The van der Waals surface area contributed by atoms with E-state index in [9.17, 15) is 23.6 Å². The highest BCUT2D eigenvalue weighted by Gasteiger charge is 2.47. The smallest absolute Gasteiger partial charge is 0.343 e. The van der Waals surface area contributed by atoms with E-state index >= 15 is 0 Å². The first-order chi connectivity index (χ1) is 19.8. The third-order valence-corrected chi connectivity index (χ3v) is 7.63. The van der Waals surface area contributed by atoms with E-state index in [1.807, 2.05) is 19.0 Å². The third kappa shape index (κ3) is 6.42. The lowest BCUT2D eigenvalue weighted by molar-refractivity contribution is -0.142. The fourth-order valence-electron chi connectivity index (χ4n) is 4.92. The number of rotatable bonds is 9. The number of carbonyl (C=O) groups excluding carboxylic acids is 1. The van der Waals surface area contributed by atoms with Gasteiger partial charge in [0.05, 0.1) is 23.2 Å². The van der Waals surface area contributed by atoms with E-state index in [2.05, 4.69) is 21.1 Å². The molecule has 1 fully saturated rings. The maximum atomic E-state index is 14.5. The number of aromatic nitrogens is 2. The van der Waals surface area contributed by atoms with Crippen molar-refractivity contribution in [3.8, 4) is 11.8 Å². The number of alkyl halides is 2. The molecule has 0 saturated carbocycles. The van der Waals surface area contributed by atoms with Crippen molar-refractivity contribution in [3.63, 3.8) is 0 Å². The quantitative estimate of drug-likeness (QED) is 0.354. The predicted octanol–water partition coefficient (Wildman–Crippen LogP) is 4.51. The number of piperidine rings is 1. The second-order valence-corrected chi connectivity index (χ2v) is 11.1. The molecule has 0 spiro atoms. The SMILES string of the molecule is COC(=O)COc1cc2cc(Nc3nc(N4C[C@@H](C)C(F)(F)[C@@H](C)C4)c(C#N)cc3Cl)ccc2n(CCN(C)C)c1=O. The van der Waals surface area contributed by atoms with Gasteiger partial charge in [-0.3, -0.25) is 4.79 Å². The highest BCUT2D eigenvalue weighted by atomic mass is 35.5. The van der Waals surface area contributed by atoms with Crippen LogP contribution in [0.25, 0.3) is 10.9 Å². The van der Waals surface area contributed by atoms with Gasteiger partial charge in [-0.2, -0.15) is 5.26 Å². The number of likely N-dealkylation sites (N-methyl/N-ethyl adjacent to an activating group) is 1. The number of nitrogens with zero attached hydrogens (tertiary/aromatic N) is 5. The number of hydrogen-bond donors (Lipinski definition) is 1. The standard InChI is InChI=1S/C29H33ClF2N6O4/c1-17-14-37(15-18(2)29(17,31)32)27-20(13-33)11-22(30)26(35-27)34-21-6-7-23-19(10-21)12-24(42-16-25(39)41-5)28(40)38(23)9-8-36(3)4/h6-7,10-12,17-18H,8-9,14-16H2,1-5H3,(H,34,35)/t17-,18+. The number of hydrogen-bond acceptors (Lipinski definition) is 9. The Morgan fingerprint density at radius 3 is 2.55 bits per heavy atom. The molecule has 10 nitrogen and oxygen atoms in total. The number of carbonyl (C=O) groups is 1. The van der Waals surface area contributed by atoms with Gasteiger partial charge in [0.2, 0.25) is 0 Å². The van der Waals surface area contributed by atoms with Crippen LogP contribution < -0.4 is 20.5 Å². The number of nitriles is 1. The van der Waals surface area contributed by atoms with E-state index in [0.29, 0.717) is 29.7 Å². The van der Waals surface area contributed by atoms with Gasteiger partial charge in [0, 0.05) is 49.1 Å². The van der Waals surface area contributed by atoms with Crippen LogP contribution >= 0.6 is 11.6 Å². The number of anilines is 3. The van der Waals surface area contributed by atoms with Crippen molar-refractivity contribution in [2.24, 2.45) is 11.8 Å². The van der Waals surface area contributed by atoms with Crippen LogP contribution in [0.1, 0.15) is 19.4 Å². The first kappa shape index (κ1) is 31.0. The molecule has 1 aromatic carbocycles. The molecule has 1 aliphatic heterocycles. The average molecular weight is 603 g/mol. The van der Waals surface area contributed by atoms with Crippen molar-refractivity contribution in [2.45, 2.75) is 26.3 Å². The monoisotopic (exact) mass is 602 g/mol. The minimum absolute atomic E-state index is 0.00855. The van der Waals surface area contributed by atoms with Crippen molar-refractivity contribution in [1.82, 2.24) is 14.5 Å². The van der Waals surface area contributed by atoms with Crippen LogP contribution in [0.5, 0.6) is 5.75 Å². The van der Waals surface area contributed by atoms with E-state index in [1.165, 1.54) is 27.0 Å². The minimum Gasteiger partial charge on any atom is -0.476 e. The van der Waals surface area contributed by atoms with Crippen LogP contribution in [0.4, 0.5) is 26.1 Å². The normalized spacial score (nSPS) is 18.1. The second-order valence-electron chi connectivity index (χ2n) is 10.7. The Kier molecular flexibility index (Phi) is 9.23. The van der Waals surface area contributed by atoms with Crippen molar-refractivity contribution in [3.05, 3.63) is 51.3 Å². The van der Waals surface area contributed by atoms with Gasteiger partial charge in [-0.1, -0.05) is 25.4 Å². The van der Waals surface area contributed by atoms with Crippen molar-refractivity contribution in [2.75, 3.05) is 57.7 Å². The van der Waals surface area contributed by atoms with Gasteiger partial charge in [-0.25, -0.2) is 18.6 Å². The molecule has 4 rings (SSSR count). The van der Waals surface area contributed by atoms with Gasteiger partial charge in [0.15, 0.2) is 18.2 Å². The summed E-state index contributed by atoms with van der Waals surface area (Å²) >= 11 is 6.49. The van der Waals surface area contributed by atoms with E-state index in [4.69, 9.17) is 16.3 Å². The molecule has 1 aliphatic rings. The fourth-order valence-corrected chi connectivity index (χ4v) is 5.12. The maximum absolute atomic E-state index is 14.5. The van der Waals surface area contributed by atoms with Crippen LogP contribution in [0, 0.1) is 23.2 Å². The zero-order chi connectivity index (χ0) is 30.8. The van der Waals surface area contributed by atoms with Gasteiger partial charge < -0.3 is 29.2 Å². The Hall–Kier alpha value is -3.95. The Bertz CT molecular complexity index is 1580. The molecular weight excluding hydrogens is 570 g/mol. The number of nitrogens with one attached hydrogen (secondary N) is 1. The third-order valence-electron chi connectivity index (χ3n) is 7.35. The number of benzene rings is 1. The predicted molar refractivity (Wildman–Crippen MR) is 157 cm³/mol. The summed E-state index contributed by atoms with van der Waals surface area (Å²) in [6.45, 7) is 3.59. The topological polar surface area (TPSA) is 113 Å². The van der Waals surface area contributed by atoms with Crippen LogP contribution in [0.3, 0.4) is 0 Å². The largest absolute Gasteiger partial charge is 0.476 e. The zero-order valence-corrected chi connectivity index (χ0v) is 24.8. The summed E-state index contributed by atoms with van der Waals surface area (Å²) in [5, 5.41) is 13.7. The van der Waals surface area contributed by atoms with Gasteiger partial charge in [0.25, 0.3) is 11.5 Å². The number of fused-ring (bicyclic) bond motifs is 1. The highest BCUT2D eigenvalue weighted by molar-refractivity contribution is 6.33. The van der Waals surface area contributed by atoms with Crippen molar-refractivity contribution < 1.29 is 23.0 Å². The van der Waals surface area contributed by atoms with E-state index in [1.54, 1.807) is 33.7 Å². The Balaban J connectivity index is 1.72. The summed E-state index contributed by atoms with van der Waals surface area (Å²) < 4.78 is 40.7. The molecule has 13 heteroatoms. The molecule has 0 bridgehead atoms. The minimum atomic E-state index is -2.82. The molecule has 0 unspecified atom stereocenters. The second kappa shape index (κ2) is 12.5. The molecule has 1 saturated heterocycles. The number of esters is 1. The van der Waals surface area contributed by atoms with Gasteiger partial charge in [0.1, 0.15) is 11.9 Å². The molecule has 0 radical (unpaired) electrons. The first-order valence-corrected chi connectivity index (χ1v) is 13.8. The van der Waals surface area contributed by atoms with Gasteiger partial charge in [-0.05, 0) is 44.4 Å². The van der Waals surface area contributed by atoms with Gasteiger partial charge in [-0.15, -0.1) is 0 Å². The Morgan fingerprint density at radius 2 is 1.93 bits per heavy atom. The molecule has 224 valence electrons. The fraction of sp³-hybridized carbons (Fsp3) is 0.448. The van der Waals surface area contributed by atoms with Crippen LogP contribution in [-0.4, -0.2) is 73.8 Å². The summed E-state index contributed by atoms with van der Waals surface area (Å²) in [6.07, 6.45) is 0. The van der Waals surface area contributed by atoms with E-state index in [0.717, 1.165) is 0 Å². The van der Waals surface area contributed by atoms with Crippen LogP contribution in [-0.2, 0) is 16.1 Å². The summed E-state index contributed by atoms with van der Waals surface area (Å²) in [4.78, 5) is 33.1. The number of pyridine rings is 2. The molecule has 0 aliphatic carbocycles. The zero-order valence-electron chi connectivity index (χ0n) is 24.1. The molecule has 2 atom stereocenters. The average Bonchev–Trinajstić information content (AvgIpc) is 2.94. The Morgan fingerprint density at radius 1 is 1.24 bits per heavy atom. The van der Waals surface area contributed by atoms with Crippen LogP contribution in [0.2, 0.25) is 5.02 Å². The highest BCUT2D eigenvalue weighted by Crippen LogP contribution is 2.40. The number of methoxy groups -OCH3 is 1. The number of halogens is 3. The summed E-state index contributed by atoms with van der Waals surface area (Å²) in [5.41, 5.74) is 1.02. The molecule has 2 aromatic heterocycles. The van der Waals surface area contributed by atoms with E-state index in [-0.39, 0.29) is 46.6 Å². The maximum Gasteiger partial charge on any atom is 0.343 e. The summed E-state index contributed by atoms with van der Waals surface area (Å²) in [6, 6.07) is 10.4. The lowest BCUT2D eigenvalue weighted by Crippen LogP contribution is -2.52. The molecule has 0 amide bonds. The van der Waals surface area contributed by atoms with Gasteiger partial charge >= 0.3 is 5.97 Å². The lowest BCUT2D eigenvalue weighted by atomic mass is 9.87. The molecule has 1 N–H and O–H groups in total. The van der Waals surface area contributed by atoms with E-state index < -0.39 is 30.3 Å². The number of ether oxygens (including phenoxy) is 2. The van der Waals surface area contributed by atoms with Crippen LogP contribution in [0.15, 0.2) is 35.1 Å². The van der Waals surface area contributed by atoms with Crippen molar-refractivity contribution in [1.29, 1.82) is 5.26 Å². The Labute approximate surface area is 247 Å². The summed E-state index contributed by atoms with van der Waals surface area (Å²) in [7, 11) is 5.02. The molecule has 3 heterocycles. The molecule has 42 heavy (non-hydrogen) atoms. The van der Waals surface area contributed by atoms with Crippen molar-refractivity contribution >= 4 is 45.8 Å². The molecule has 3 aromatic rings. The lowest BCUT2D eigenvalue weighted by Gasteiger charge is -2.42.